The van der Waals surface area contributed by atoms with Gasteiger partial charge in [-0.1, -0.05) is 30.3 Å². The summed E-state index contributed by atoms with van der Waals surface area (Å²) in [6.45, 7) is 0.546. The zero-order valence-electron chi connectivity index (χ0n) is 20.6. The molecule has 0 saturated heterocycles. The first-order chi connectivity index (χ1) is 18.0. The van der Waals surface area contributed by atoms with Gasteiger partial charge in [0.2, 0.25) is 6.79 Å². The molecular formula is C29H31N3O5. The molecule has 0 bridgehead atoms. The second-order valence-electron chi connectivity index (χ2n) is 9.42. The predicted molar refractivity (Wildman–Crippen MR) is 140 cm³/mol. The summed E-state index contributed by atoms with van der Waals surface area (Å²) in [5.41, 5.74) is 8.35. The van der Waals surface area contributed by atoms with E-state index in [9.17, 15) is 9.59 Å². The minimum Gasteiger partial charge on any atom is -0.484 e. The lowest BCUT2D eigenvalue weighted by Crippen LogP contribution is -2.43. The van der Waals surface area contributed by atoms with Gasteiger partial charge in [-0.15, -0.1) is 0 Å². The Hall–Kier alpha value is -4.04. The quantitative estimate of drug-likeness (QED) is 0.476. The van der Waals surface area contributed by atoms with E-state index in [1.54, 1.807) is 30.3 Å². The molecule has 0 spiro atoms. The van der Waals surface area contributed by atoms with E-state index in [0.717, 1.165) is 31.2 Å². The van der Waals surface area contributed by atoms with Crippen molar-refractivity contribution in [3.05, 3.63) is 83.9 Å². The Morgan fingerprint density at radius 3 is 2.41 bits per heavy atom. The van der Waals surface area contributed by atoms with Gasteiger partial charge in [0.15, 0.2) is 18.1 Å². The first-order valence-corrected chi connectivity index (χ1v) is 12.6. The van der Waals surface area contributed by atoms with Crippen LogP contribution in [0.1, 0.15) is 41.6 Å². The van der Waals surface area contributed by atoms with Gasteiger partial charge in [-0.25, -0.2) is 0 Å². The molecule has 8 heteroatoms. The van der Waals surface area contributed by atoms with E-state index >= 15 is 0 Å². The van der Waals surface area contributed by atoms with Gasteiger partial charge in [0.25, 0.3) is 11.8 Å². The lowest BCUT2D eigenvalue weighted by molar-refractivity contribution is -0.118. The Morgan fingerprint density at radius 2 is 1.65 bits per heavy atom. The van der Waals surface area contributed by atoms with Gasteiger partial charge >= 0.3 is 0 Å². The molecule has 0 aromatic heterocycles. The van der Waals surface area contributed by atoms with Crippen molar-refractivity contribution in [1.29, 1.82) is 0 Å². The number of fused-ring (bicyclic) bond motifs is 1. The Labute approximate surface area is 216 Å². The molecule has 192 valence electrons. The SMILES string of the molecule is NC1CCC(N(Cc2ccc(NC(=O)COc3ccccc3)cc2)C(=O)c2ccc3c(c2)OCO3)CC1. The molecule has 3 N–H and O–H groups in total. The molecule has 3 aromatic carbocycles. The number of ether oxygens (including phenoxy) is 3. The van der Waals surface area contributed by atoms with Gasteiger partial charge in [0, 0.05) is 29.9 Å². The van der Waals surface area contributed by atoms with E-state index in [2.05, 4.69) is 5.32 Å². The summed E-state index contributed by atoms with van der Waals surface area (Å²) in [5, 5.41) is 2.85. The normalized spacial score (nSPS) is 18.2. The maximum atomic E-state index is 13.7. The highest BCUT2D eigenvalue weighted by Crippen LogP contribution is 2.34. The molecule has 0 radical (unpaired) electrons. The zero-order valence-corrected chi connectivity index (χ0v) is 20.6. The van der Waals surface area contributed by atoms with Gasteiger partial charge in [-0.05, 0) is 73.7 Å². The first kappa shape index (κ1) is 24.6. The van der Waals surface area contributed by atoms with Gasteiger partial charge in [-0.2, -0.15) is 0 Å². The minimum atomic E-state index is -0.241. The molecule has 3 aromatic rings. The smallest absolute Gasteiger partial charge is 0.262 e. The third-order valence-corrected chi connectivity index (χ3v) is 6.77. The Kier molecular flexibility index (Phi) is 7.56. The molecule has 0 atom stereocenters. The molecule has 8 nitrogen and oxygen atoms in total. The number of hydrogen-bond donors (Lipinski definition) is 2. The number of carbonyl (C=O) groups is 2. The second-order valence-corrected chi connectivity index (χ2v) is 9.42. The number of anilines is 1. The Balaban J connectivity index is 1.25. The zero-order chi connectivity index (χ0) is 25.6. The number of nitrogens with two attached hydrogens (primary N) is 1. The summed E-state index contributed by atoms with van der Waals surface area (Å²) in [7, 11) is 0. The third-order valence-electron chi connectivity index (χ3n) is 6.77. The fourth-order valence-corrected chi connectivity index (χ4v) is 4.73. The Morgan fingerprint density at radius 1 is 0.919 bits per heavy atom. The van der Waals surface area contributed by atoms with Crippen LogP contribution in [0.15, 0.2) is 72.8 Å². The fraction of sp³-hybridized carbons (Fsp3) is 0.310. The number of rotatable bonds is 8. The maximum Gasteiger partial charge on any atom is 0.262 e. The summed E-state index contributed by atoms with van der Waals surface area (Å²) < 4.78 is 16.4. The fourth-order valence-electron chi connectivity index (χ4n) is 4.73. The van der Waals surface area contributed by atoms with Crippen molar-refractivity contribution < 1.29 is 23.8 Å². The lowest BCUT2D eigenvalue weighted by atomic mass is 9.90. The van der Waals surface area contributed by atoms with Crippen LogP contribution in [-0.2, 0) is 11.3 Å². The van der Waals surface area contributed by atoms with Gasteiger partial charge in [0.1, 0.15) is 5.75 Å². The summed E-state index contributed by atoms with van der Waals surface area (Å²) >= 11 is 0. The molecule has 1 fully saturated rings. The van der Waals surface area contributed by atoms with Gasteiger partial charge in [0.05, 0.1) is 0 Å². The van der Waals surface area contributed by atoms with E-state index in [0.29, 0.717) is 35.0 Å². The number of amides is 2. The summed E-state index contributed by atoms with van der Waals surface area (Å²) in [5.74, 6) is 1.60. The van der Waals surface area contributed by atoms with E-state index < -0.39 is 0 Å². The molecular weight excluding hydrogens is 470 g/mol. The summed E-state index contributed by atoms with van der Waals surface area (Å²) in [4.78, 5) is 27.9. The van der Waals surface area contributed by atoms with Crippen molar-refractivity contribution in [1.82, 2.24) is 4.90 Å². The third kappa shape index (κ3) is 6.21. The maximum absolute atomic E-state index is 13.7. The summed E-state index contributed by atoms with van der Waals surface area (Å²) in [6.07, 6.45) is 3.53. The van der Waals surface area contributed by atoms with Crippen LogP contribution in [0, 0.1) is 0 Å². The minimum absolute atomic E-state index is 0.0470. The van der Waals surface area contributed by atoms with Crippen molar-refractivity contribution in [3.63, 3.8) is 0 Å². The van der Waals surface area contributed by atoms with Crippen LogP contribution in [0.3, 0.4) is 0 Å². The molecule has 2 amide bonds. The van der Waals surface area contributed by atoms with Crippen LogP contribution >= 0.6 is 0 Å². The van der Waals surface area contributed by atoms with E-state index in [1.165, 1.54) is 0 Å². The molecule has 1 aliphatic carbocycles. The topological polar surface area (TPSA) is 103 Å². The average Bonchev–Trinajstić information content (AvgIpc) is 3.40. The summed E-state index contributed by atoms with van der Waals surface area (Å²) in [6, 6.07) is 22.4. The van der Waals surface area contributed by atoms with Crippen LogP contribution in [0.25, 0.3) is 0 Å². The molecule has 1 aliphatic heterocycles. The predicted octanol–water partition coefficient (Wildman–Crippen LogP) is 4.35. The highest BCUT2D eigenvalue weighted by Gasteiger charge is 2.29. The van der Waals surface area contributed by atoms with E-state index in [4.69, 9.17) is 19.9 Å². The standard InChI is InChI=1S/C29H31N3O5/c30-22-9-13-24(14-10-22)32(29(34)21-8-15-26-27(16-21)37-19-36-26)17-20-6-11-23(12-7-20)31-28(33)18-35-25-4-2-1-3-5-25/h1-8,11-12,15-16,22,24H,9-10,13-14,17-19,30H2,(H,31,33). The highest BCUT2D eigenvalue weighted by atomic mass is 16.7. The van der Waals surface area contributed by atoms with Crippen molar-refractivity contribution >= 4 is 17.5 Å². The van der Waals surface area contributed by atoms with Crippen LogP contribution in [0.5, 0.6) is 17.2 Å². The van der Waals surface area contributed by atoms with Crippen LogP contribution in [-0.4, -0.2) is 42.2 Å². The highest BCUT2D eigenvalue weighted by molar-refractivity contribution is 5.95. The molecule has 37 heavy (non-hydrogen) atoms. The van der Waals surface area contributed by atoms with Crippen molar-refractivity contribution in [3.8, 4) is 17.2 Å². The van der Waals surface area contributed by atoms with Crippen LogP contribution < -0.4 is 25.3 Å². The number of carbonyl (C=O) groups excluding carboxylic acids is 2. The largest absolute Gasteiger partial charge is 0.484 e. The number of hydrogen-bond acceptors (Lipinski definition) is 6. The second kappa shape index (κ2) is 11.3. The van der Waals surface area contributed by atoms with E-state index in [-0.39, 0.29) is 37.3 Å². The van der Waals surface area contributed by atoms with Crippen molar-refractivity contribution in [2.45, 2.75) is 44.3 Å². The number of nitrogens with zero attached hydrogens (tertiary/aromatic N) is 1. The number of para-hydroxylation sites is 1. The number of nitrogens with one attached hydrogen (secondary N) is 1. The van der Waals surface area contributed by atoms with Crippen molar-refractivity contribution in [2.24, 2.45) is 5.73 Å². The van der Waals surface area contributed by atoms with Crippen LogP contribution in [0.2, 0.25) is 0 Å². The average molecular weight is 502 g/mol. The van der Waals surface area contributed by atoms with Gasteiger partial charge < -0.3 is 30.2 Å². The molecule has 2 aliphatic rings. The van der Waals surface area contributed by atoms with Crippen molar-refractivity contribution in [2.75, 3.05) is 18.7 Å². The Bertz CT molecular complexity index is 1220. The molecule has 1 heterocycles. The van der Waals surface area contributed by atoms with E-state index in [1.807, 2.05) is 47.4 Å². The molecule has 0 unspecified atom stereocenters. The van der Waals surface area contributed by atoms with Crippen LogP contribution in [0.4, 0.5) is 5.69 Å². The first-order valence-electron chi connectivity index (χ1n) is 12.6. The molecule has 5 rings (SSSR count). The number of benzene rings is 3. The molecule has 1 saturated carbocycles. The van der Waals surface area contributed by atoms with Gasteiger partial charge in [-0.3, -0.25) is 9.59 Å². The lowest BCUT2D eigenvalue weighted by Gasteiger charge is -2.36. The monoisotopic (exact) mass is 501 g/mol.